The summed E-state index contributed by atoms with van der Waals surface area (Å²) in [6.07, 6.45) is 1.07. The van der Waals surface area contributed by atoms with E-state index in [2.05, 4.69) is 62.1 Å². The van der Waals surface area contributed by atoms with Crippen molar-refractivity contribution in [2.24, 2.45) is 0 Å². The van der Waals surface area contributed by atoms with Crippen LogP contribution < -0.4 is 9.80 Å². The number of anilines is 2. The quantitative estimate of drug-likeness (QED) is 0.807. The topological polar surface area (TPSA) is 28.6 Å². The molecular weight excluding hydrogens is 354 g/mol. The largest absolute Gasteiger partial charge is 0.378 e. The molecule has 1 saturated heterocycles. The highest BCUT2D eigenvalue weighted by Gasteiger charge is 2.19. The SMILES string of the molecule is Brc1ccc2c(c1)CCN(c1cccc(N3CCOCC3)n1)C2. The normalized spacial score (nSPS) is 18.0. The van der Waals surface area contributed by atoms with Gasteiger partial charge in [-0.25, -0.2) is 4.98 Å². The Morgan fingerprint density at radius 3 is 2.52 bits per heavy atom. The van der Waals surface area contributed by atoms with E-state index in [9.17, 15) is 0 Å². The Balaban J connectivity index is 1.55. The number of nitrogens with zero attached hydrogens (tertiary/aromatic N) is 3. The van der Waals surface area contributed by atoms with Gasteiger partial charge in [0, 0.05) is 30.7 Å². The molecule has 1 fully saturated rings. The van der Waals surface area contributed by atoms with Gasteiger partial charge < -0.3 is 14.5 Å². The molecule has 5 heteroatoms. The van der Waals surface area contributed by atoms with E-state index < -0.39 is 0 Å². The van der Waals surface area contributed by atoms with E-state index in [-0.39, 0.29) is 0 Å². The fraction of sp³-hybridized carbons (Fsp3) is 0.389. The van der Waals surface area contributed by atoms with E-state index in [1.807, 2.05) is 0 Å². The van der Waals surface area contributed by atoms with Crippen LogP contribution in [-0.2, 0) is 17.7 Å². The third kappa shape index (κ3) is 3.21. The highest BCUT2D eigenvalue weighted by molar-refractivity contribution is 9.10. The van der Waals surface area contributed by atoms with Gasteiger partial charge >= 0.3 is 0 Å². The third-order valence-corrected chi connectivity index (χ3v) is 5.05. The van der Waals surface area contributed by atoms with Gasteiger partial charge in [0.05, 0.1) is 13.2 Å². The second-order valence-corrected chi connectivity index (χ2v) is 6.95. The monoisotopic (exact) mass is 373 g/mol. The number of aromatic nitrogens is 1. The van der Waals surface area contributed by atoms with Crippen LogP contribution in [0.4, 0.5) is 11.6 Å². The van der Waals surface area contributed by atoms with Crippen LogP contribution >= 0.6 is 15.9 Å². The molecule has 23 heavy (non-hydrogen) atoms. The van der Waals surface area contributed by atoms with Crippen molar-refractivity contribution in [2.75, 3.05) is 42.6 Å². The summed E-state index contributed by atoms with van der Waals surface area (Å²) in [5, 5.41) is 0. The zero-order valence-corrected chi connectivity index (χ0v) is 14.6. The molecule has 4 rings (SSSR count). The zero-order valence-electron chi connectivity index (χ0n) is 13.0. The van der Waals surface area contributed by atoms with Crippen molar-refractivity contribution in [3.05, 3.63) is 52.0 Å². The predicted octanol–water partition coefficient (Wildman–Crippen LogP) is 3.24. The van der Waals surface area contributed by atoms with E-state index in [1.54, 1.807) is 0 Å². The van der Waals surface area contributed by atoms with Crippen LogP contribution in [0.3, 0.4) is 0 Å². The first kappa shape index (κ1) is 15.0. The molecule has 1 aromatic carbocycles. The maximum Gasteiger partial charge on any atom is 0.131 e. The minimum absolute atomic E-state index is 0.790. The molecule has 0 unspecified atom stereocenters. The Hall–Kier alpha value is -1.59. The summed E-state index contributed by atoms with van der Waals surface area (Å²) in [5.41, 5.74) is 2.85. The summed E-state index contributed by atoms with van der Waals surface area (Å²) in [7, 11) is 0. The summed E-state index contributed by atoms with van der Waals surface area (Å²) >= 11 is 3.56. The molecule has 0 spiro atoms. The van der Waals surface area contributed by atoms with Gasteiger partial charge in [0.2, 0.25) is 0 Å². The van der Waals surface area contributed by atoms with Gasteiger partial charge in [-0.05, 0) is 41.8 Å². The second-order valence-electron chi connectivity index (χ2n) is 6.04. The van der Waals surface area contributed by atoms with Gasteiger partial charge in [0.1, 0.15) is 11.6 Å². The molecule has 3 heterocycles. The number of pyridine rings is 1. The summed E-state index contributed by atoms with van der Waals surface area (Å²) < 4.78 is 6.60. The first-order chi connectivity index (χ1) is 11.3. The molecule has 0 atom stereocenters. The summed E-state index contributed by atoms with van der Waals surface area (Å²) in [6.45, 7) is 5.38. The minimum Gasteiger partial charge on any atom is -0.378 e. The number of halogens is 1. The fourth-order valence-corrected chi connectivity index (χ4v) is 3.68. The Kier molecular flexibility index (Phi) is 4.23. The standard InChI is InChI=1S/C18H20BrN3O/c19-16-5-4-15-13-22(7-6-14(15)12-16)18-3-1-2-17(20-18)21-8-10-23-11-9-21/h1-5,12H,6-11,13H2. The molecule has 4 nitrogen and oxygen atoms in total. The highest BCUT2D eigenvalue weighted by atomic mass is 79.9. The maximum atomic E-state index is 5.43. The molecule has 0 bridgehead atoms. The van der Waals surface area contributed by atoms with Crippen LogP contribution in [0.25, 0.3) is 0 Å². The van der Waals surface area contributed by atoms with Crippen molar-refractivity contribution in [3.8, 4) is 0 Å². The Bertz CT molecular complexity index is 700. The average molecular weight is 374 g/mol. The number of morpholine rings is 1. The molecular formula is C18H20BrN3O. The summed E-state index contributed by atoms with van der Waals surface area (Å²) in [6, 6.07) is 12.9. The van der Waals surface area contributed by atoms with Gasteiger partial charge in [-0.3, -0.25) is 0 Å². The molecule has 2 aliphatic heterocycles. The number of hydrogen-bond acceptors (Lipinski definition) is 4. The lowest BCUT2D eigenvalue weighted by Crippen LogP contribution is -2.37. The van der Waals surface area contributed by atoms with Crippen LogP contribution in [0.1, 0.15) is 11.1 Å². The lowest BCUT2D eigenvalue weighted by molar-refractivity contribution is 0.122. The number of hydrogen-bond donors (Lipinski definition) is 0. The van der Waals surface area contributed by atoms with Crippen LogP contribution in [0.2, 0.25) is 0 Å². The van der Waals surface area contributed by atoms with Crippen LogP contribution in [0.5, 0.6) is 0 Å². The van der Waals surface area contributed by atoms with Crippen molar-refractivity contribution < 1.29 is 4.74 Å². The molecule has 1 aromatic heterocycles. The lowest BCUT2D eigenvalue weighted by Gasteiger charge is -2.32. The van der Waals surface area contributed by atoms with Gasteiger partial charge in [0.15, 0.2) is 0 Å². The van der Waals surface area contributed by atoms with E-state index in [0.29, 0.717) is 0 Å². The summed E-state index contributed by atoms with van der Waals surface area (Å²) in [4.78, 5) is 9.58. The summed E-state index contributed by atoms with van der Waals surface area (Å²) in [5.74, 6) is 2.13. The Morgan fingerprint density at radius 1 is 0.913 bits per heavy atom. The third-order valence-electron chi connectivity index (χ3n) is 4.56. The lowest BCUT2D eigenvalue weighted by atomic mass is 10.00. The highest BCUT2D eigenvalue weighted by Crippen LogP contribution is 2.27. The predicted molar refractivity (Wildman–Crippen MR) is 96.2 cm³/mol. The smallest absolute Gasteiger partial charge is 0.131 e. The van der Waals surface area contributed by atoms with Crippen molar-refractivity contribution in [1.82, 2.24) is 4.98 Å². The maximum absolute atomic E-state index is 5.43. The van der Waals surface area contributed by atoms with Crippen molar-refractivity contribution >= 4 is 27.6 Å². The molecule has 2 aromatic rings. The minimum atomic E-state index is 0.790. The van der Waals surface area contributed by atoms with E-state index in [0.717, 1.165) is 61.9 Å². The molecule has 0 amide bonds. The molecule has 2 aliphatic rings. The van der Waals surface area contributed by atoms with Crippen molar-refractivity contribution in [3.63, 3.8) is 0 Å². The molecule has 0 radical (unpaired) electrons. The Morgan fingerprint density at radius 2 is 1.70 bits per heavy atom. The zero-order chi connectivity index (χ0) is 15.6. The first-order valence-corrected chi connectivity index (χ1v) is 8.91. The molecule has 0 N–H and O–H groups in total. The molecule has 0 aliphatic carbocycles. The van der Waals surface area contributed by atoms with Crippen molar-refractivity contribution in [2.45, 2.75) is 13.0 Å². The Labute approximate surface area is 145 Å². The first-order valence-electron chi connectivity index (χ1n) is 8.11. The number of benzene rings is 1. The number of rotatable bonds is 2. The van der Waals surface area contributed by atoms with Gasteiger partial charge in [-0.1, -0.05) is 28.1 Å². The van der Waals surface area contributed by atoms with Gasteiger partial charge in [-0.2, -0.15) is 0 Å². The second kappa shape index (κ2) is 6.49. The van der Waals surface area contributed by atoms with Crippen LogP contribution in [-0.4, -0.2) is 37.8 Å². The molecule has 0 saturated carbocycles. The number of fused-ring (bicyclic) bond motifs is 1. The average Bonchev–Trinajstić information content (AvgIpc) is 2.62. The van der Waals surface area contributed by atoms with E-state index in [1.165, 1.54) is 11.1 Å². The van der Waals surface area contributed by atoms with Gasteiger partial charge in [-0.15, -0.1) is 0 Å². The van der Waals surface area contributed by atoms with Crippen molar-refractivity contribution in [1.29, 1.82) is 0 Å². The van der Waals surface area contributed by atoms with Crippen LogP contribution in [0.15, 0.2) is 40.9 Å². The van der Waals surface area contributed by atoms with E-state index >= 15 is 0 Å². The van der Waals surface area contributed by atoms with Gasteiger partial charge in [0.25, 0.3) is 0 Å². The fourth-order valence-electron chi connectivity index (χ4n) is 3.27. The number of ether oxygens (including phenoxy) is 1. The van der Waals surface area contributed by atoms with Crippen LogP contribution in [0, 0.1) is 0 Å². The van der Waals surface area contributed by atoms with E-state index in [4.69, 9.17) is 9.72 Å². The molecule has 120 valence electrons.